The fourth-order valence-electron chi connectivity index (χ4n) is 2.80. The fraction of sp³-hybridized carbons (Fsp3) is 0.588. The molecule has 4 heteroatoms. The topological polar surface area (TPSA) is 42.3 Å². The highest BCUT2D eigenvalue weighted by Crippen LogP contribution is 2.20. The second-order valence-corrected chi connectivity index (χ2v) is 5.71. The number of hydrogen-bond acceptors (Lipinski definition) is 4. The van der Waals surface area contributed by atoms with Crippen LogP contribution in [0.4, 0.5) is 5.69 Å². The first-order chi connectivity index (χ1) is 10.2. The number of hydrogen-bond donors (Lipinski definition) is 1. The van der Waals surface area contributed by atoms with Crippen LogP contribution < -0.4 is 10.2 Å². The van der Waals surface area contributed by atoms with Crippen molar-refractivity contribution >= 4 is 5.69 Å². The first kappa shape index (κ1) is 15.8. The van der Waals surface area contributed by atoms with Gasteiger partial charge in [0.2, 0.25) is 0 Å². The first-order valence-corrected chi connectivity index (χ1v) is 7.92. The molecule has 0 bridgehead atoms. The molecule has 1 N–H and O–H groups in total. The van der Waals surface area contributed by atoms with E-state index in [1.807, 2.05) is 6.07 Å². The molecule has 1 aromatic carbocycles. The maximum absolute atomic E-state index is 9.39. The molecule has 4 nitrogen and oxygen atoms in total. The van der Waals surface area contributed by atoms with E-state index in [4.69, 9.17) is 0 Å². The van der Waals surface area contributed by atoms with E-state index in [1.165, 1.54) is 31.5 Å². The number of likely N-dealkylation sites (tertiary alicyclic amines) is 1. The van der Waals surface area contributed by atoms with Gasteiger partial charge in [-0.3, -0.25) is 0 Å². The predicted molar refractivity (Wildman–Crippen MR) is 87.5 cm³/mol. The lowest BCUT2D eigenvalue weighted by atomic mass is 10.1. The van der Waals surface area contributed by atoms with Crippen LogP contribution in [0, 0.1) is 11.3 Å². The van der Waals surface area contributed by atoms with Crippen molar-refractivity contribution in [2.24, 2.45) is 0 Å². The van der Waals surface area contributed by atoms with E-state index < -0.39 is 0 Å². The lowest BCUT2D eigenvalue weighted by Crippen LogP contribution is -2.31. The minimum Gasteiger partial charge on any atom is -0.372 e. The van der Waals surface area contributed by atoms with Crippen molar-refractivity contribution in [2.45, 2.75) is 26.3 Å². The van der Waals surface area contributed by atoms with Crippen LogP contribution in [0.15, 0.2) is 18.2 Å². The summed E-state index contributed by atoms with van der Waals surface area (Å²) in [4.78, 5) is 4.70. The molecule has 0 saturated carbocycles. The van der Waals surface area contributed by atoms with Gasteiger partial charge in [0.1, 0.15) is 6.07 Å². The number of anilines is 1. The second-order valence-electron chi connectivity index (χ2n) is 5.71. The van der Waals surface area contributed by atoms with Crippen LogP contribution in [0.2, 0.25) is 0 Å². The van der Waals surface area contributed by atoms with E-state index in [0.717, 1.165) is 37.4 Å². The molecule has 21 heavy (non-hydrogen) atoms. The Morgan fingerprint density at radius 1 is 1.33 bits per heavy atom. The summed E-state index contributed by atoms with van der Waals surface area (Å²) in [7, 11) is 2.08. The number of benzene rings is 1. The third kappa shape index (κ3) is 4.45. The molecule has 0 radical (unpaired) electrons. The quantitative estimate of drug-likeness (QED) is 0.834. The molecule has 0 aliphatic carbocycles. The Morgan fingerprint density at radius 2 is 2.10 bits per heavy atom. The SMILES string of the molecule is CCNCc1ccc(N(C)CCN2CCCC2)c(C#N)c1. The maximum atomic E-state index is 9.39. The van der Waals surface area contributed by atoms with Gasteiger partial charge in [-0.25, -0.2) is 0 Å². The molecule has 0 atom stereocenters. The van der Waals surface area contributed by atoms with E-state index in [2.05, 4.69) is 47.3 Å². The minimum absolute atomic E-state index is 0.773. The summed E-state index contributed by atoms with van der Waals surface area (Å²) >= 11 is 0. The monoisotopic (exact) mass is 286 g/mol. The van der Waals surface area contributed by atoms with Crippen LogP contribution in [0.25, 0.3) is 0 Å². The molecule has 114 valence electrons. The Bertz CT molecular complexity index is 486. The predicted octanol–water partition coefficient (Wildman–Crippen LogP) is 2.20. The second kappa shape index (κ2) is 8.02. The van der Waals surface area contributed by atoms with Gasteiger partial charge in [0.25, 0.3) is 0 Å². The van der Waals surface area contributed by atoms with E-state index >= 15 is 0 Å². The molecular formula is C17H26N4. The van der Waals surface area contributed by atoms with E-state index in [1.54, 1.807) is 0 Å². The Kier molecular flexibility index (Phi) is 6.04. The van der Waals surface area contributed by atoms with Crippen molar-refractivity contribution in [1.82, 2.24) is 10.2 Å². The highest BCUT2D eigenvalue weighted by atomic mass is 15.2. The number of rotatable bonds is 7. The van der Waals surface area contributed by atoms with Crippen molar-refractivity contribution in [1.29, 1.82) is 5.26 Å². The third-order valence-corrected chi connectivity index (χ3v) is 4.12. The van der Waals surface area contributed by atoms with Gasteiger partial charge < -0.3 is 15.1 Å². The largest absolute Gasteiger partial charge is 0.372 e. The zero-order chi connectivity index (χ0) is 15.1. The summed E-state index contributed by atoms with van der Waals surface area (Å²) in [5.41, 5.74) is 2.98. The molecule has 0 amide bonds. The van der Waals surface area contributed by atoms with Gasteiger partial charge in [-0.05, 0) is 50.2 Å². The van der Waals surface area contributed by atoms with Crippen LogP contribution in [-0.2, 0) is 6.54 Å². The highest BCUT2D eigenvalue weighted by molar-refractivity contribution is 5.60. The van der Waals surface area contributed by atoms with Crippen LogP contribution >= 0.6 is 0 Å². The number of nitrogens with one attached hydrogen (secondary N) is 1. The molecule has 2 rings (SSSR count). The third-order valence-electron chi connectivity index (χ3n) is 4.12. The van der Waals surface area contributed by atoms with Gasteiger partial charge in [-0.15, -0.1) is 0 Å². The average Bonchev–Trinajstić information content (AvgIpc) is 3.03. The molecule has 1 fully saturated rings. The van der Waals surface area contributed by atoms with Gasteiger partial charge in [0, 0.05) is 26.7 Å². The molecule has 1 aliphatic rings. The lowest BCUT2D eigenvalue weighted by Gasteiger charge is -2.24. The Labute approximate surface area is 128 Å². The van der Waals surface area contributed by atoms with Crippen LogP contribution in [0.1, 0.15) is 30.9 Å². The minimum atomic E-state index is 0.773. The standard InChI is InChI=1S/C17H26N4/c1-3-19-14-15-6-7-17(16(12-15)13-18)20(2)10-11-21-8-4-5-9-21/h6-7,12,19H,3-5,8-11,14H2,1-2H3. The van der Waals surface area contributed by atoms with E-state index in [-0.39, 0.29) is 0 Å². The van der Waals surface area contributed by atoms with E-state index in [9.17, 15) is 5.26 Å². The fourth-order valence-corrected chi connectivity index (χ4v) is 2.80. The maximum Gasteiger partial charge on any atom is 0.101 e. The molecule has 1 saturated heterocycles. The molecule has 0 unspecified atom stereocenters. The van der Waals surface area contributed by atoms with Crippen molar-refractivity contribution in [3.63, 3.8) is 0 Å². The Balaban J connectivity index is 1.98. The lowest BCUT2D eigenvalue weighted by molar-refractivity contribution is 0.346. The van der Waals surface area contributed by atoms with Gasteiger partial charge in [0.05, 0.1) is 11.3 Å². The van der Waals surface area contributed by atoms with Crippen LogP contribution in [0.3, 0.4) is 0 Å². The summed E-state index contributed by atoms with van der Waals surface area (Å²) in [6.45, 7) is 8.36. The van der Waals surface area contributed by atoms with Crippen LogP contribution in [0.5, 0.6) is 0 Å². The van der Waals surface area contributed by atoms with Crippen molar-refractivity contribution in [2.75, 3.05) is 44.7 Å². The average molecular weight is 286 g/mol. The van der Waals surface area contributed by atoms with Gasteiger partial charge >= 0.3 is 0 Å². The molecule has 0 aromatic heterocycles. The van der Waals surface area contributed by atoms with Crippen molar-refractivity contribution in [3.05, 3.63) is 29.3 Å². The normalized spacial score (nSPS) is 15.1. The van der Waals surface area contributed by atoms with Crippen molar-refractivity contribution in [3.8, 4) is 6.07 Å². The highest BCUT2D eigenvalue weighted by Gasteiger charge is 2.13. The first-order valence-electron chi connectivity index (χ1n) is 7.92. The number of nitriles is 1. The summed E-state index contributed by atoms with van der Waals surface area (Å²) in [5.74, 6) is 0. The summed E-state index contributed by atoms with van der Waals surface area (Å²) < 4.78 is 0. The Hall–Kier alpha value is -1.57. The number of likely N-dealkylation sites (N-methyl/N-ethyl adjacent to an activating group) is 1. The molecule has 0 spiro atoms. The smallest absolute Gasteiger partial charge is 0.101 e. The van der Waals surface area contributed by atoms with Crippen LogP contribution in [-0.4, -0.2) is 44.7 Å². The summed E-state index contributed by atoms with van der Waals surface area (Å²) in [6.07, 6.45) is 2.65. The Morgan fingerprint density at radius 3 is 2.76 bits per heavy atom. The molecule has 1 heterocycles. The van der Waals surface area contributed by atoms with Gasteiger partial charge in [-0.1, -0.05) is 13.0 Å². The zero-order valence-corrected chi connectivity index (χ0v) is 13.2. The number of nitrogens with zero attached hydrogens (tertiary/aromatic N) is 3. The molecule has 1 aliphatic heterocycles. The van der Waals surface area contributed by atoms with E-state index in [0.29, 0.717) is 0 Å². The molecule has 1 aromatic rings. The summed E-state index contributed by atoms with van der Waals surface area (Å²) in [6, 6.07) is 8.54. The zero-order valence-electron chi connectivity index (χ0n) is 13.2. The van der Waals surface area contributed by atoms with Crippen molar-refractivity contribution < 1.29 is 0 Å². The molecular weight excluding hydrogens is 260 g/mol. The van der Waals surface area contributed by atoms with Gasteiger partial charge in [-0.2, -0.15) is 5.26 Å². The van der Waals surface area contributed by atoms with Gasteiger partial charge in [0.15, 0.2) is 0 Å². The summed E-state index contributed by atoms with van der Waals surface area (Å²) in [5, 5.41) is 12.7.